The van der Waals surface area contributed by atoms with Crippen molar-refractivity contribution in [2.24, 2.45) is 5.92 Å². The lowest BCUT2D eigenvalue weighted by molar-refractivity contribution is -0.0387. The number of para-hydroxylation sites is 1. The van der Waals surface area contributed by atoms with Crippen LogP contribution in [0.2, 0.25) is 5.02 Å². The maximum absolute atomic E-state index is 8.96. The lowest BCUT2D eigenvalue weighted by atomic mass is 9.78. The van der Waals surface area contributed by atoms with Crippen LogP contribution >= 0.6 is 11.6 Å². The van der Waals surface area contributed by atoms with E-state index < -0.39 is 0 Å². The Labute approximate surface area is 125 Å². The summed E-state index contributed by atoms with van der Waals surface area (Å²) < 4.78 is 6.05. The average molecular weight is 296 g/mol. The van der Waals surface area contributed by atoms with Gasteiger partial charge in [-0.15, -0.1) is 0 Å². The predicted molar refractivity (Wildman–Crippen MR) is 81.2 cm³/mol. The van der Waals surface area contributed by atoms with E-state index in [1.54, 1.807) is 0 Å². The van der Waals surface area contributed by atoms with Gasteiger partial charge in [0.25, 0.3) is 0 Å². The van der Waals surface area contributed by atoms with Gasteiger partial charge in [-0.2, -0.15) is 0 Å². The van der Waals surface area contributed by atoms with E-state index in [2.05, 4.69) is 11.4 Å². The second-order valence-electron chi connectivity index (χ2n) is 5.77. The van der Waals surface area contributed by atoms with Gasteiger partial charge in [-0.05, 0) is 38.2 Å². The molecule has 20 heavy (non-hydrogen) atoms. The zero-order chi connectivity index (χ0) is 13.9. The van der Waals surface area contributed by atoms with Gasteiger partial charge in [0.1, 0.15) is 0 Å². The van der Waals surface area contributed by atoms with E-state index in [0.29, 0.717) is 12.0 Å². The van der Waals surface area contributed by atoms with Gasteiger partial charge in [-0.3, -0.25) is 0 Å². The molecule has 2 aliphatic heterocycles. The molecule has 1 aromatic rings. The van der Waals surface area contributed by atoms with Crippen LogP contribution in [0.5, 0.6) is 0 Å². The Balaban J connectivity index is 1.85. The highest BCUT2D eigenvalue weighted by Crippen LogP contribution is 2.46. The summed E-state index contributed by atoms with van der Waals surface area (Å²) in [5, 5.41) is 13.4. The molecule has 2 aliphatic rings. The number of hydrogen-bond donors (Lipinski definition) is 2. The van der Waals surface area contributed by atoms with Gasteiger partial charge in [0.15, 0.2) is 0 Å². The first kappa shape index (κ1) is 14.2. The maximum Gasteiger partial charge on any atom is 0.0893 e. The molecule has 0 radical (unpaired) electrons. The third-order valence-electron chi connectivity index (χ3n) is 4.49. The number of anilines is 1. The van der Waals surface area contributed by atoms with Crippen molar-refractivity contribution in [2.75, 3.05) is 18.5 Å². The molecule has 2 heterocycles. The number of ether oxygens (including phenoxy) is 1. The zero-order valence-electron chi connectivity index (χ0n) is 11.6. The fourth-order valence-corrected chi connectivity index (χ4v) is 3.76. The minimum atomic E-state index is 0.179. The quantitative estimate of drug-likeness (QED) is 0.831. The molecule has 1 saturated heterocycles. The fourth-order valence-electron chi connectivity index (χ4n) is 3.52. The molecule has 1 aromatic carbocycles. The first-order chi connectivity index (χ1) is 9.81. The number of nitrogens with one attached hydrogen (secondary N) is 1. The third-order valence-corrected chi connectivity index (χ3v) is 4.81. The second-order valence-corrected chi connectivity index (χ2v) is 6.18. The summed E-state index contributed by atoms with van der Waals surface area (Å²) in [7, 11) is 0. The van der Waals surface area contributed by atoms with E-state index in [1.807, 2.05) is 12.1 Å². The summed E-state index contributed by atoms with van der Waals surface area (Å²) in [5.74, 6) is 0.522. The highest BCUT2D eigenvalue weighted by atomic mass is 35.5. The normalized spacial score (nSPS) is 28.4. The Morgan fingerprint density at radius 3 is 3.10 bits per heavy atom. The van der Waals surface area contributed by atoms with Gasteiger partial charge in [0.05, 0.1) is 16.8 Å². The van der Waals surface area contributed by atoms with E-state index in [0.717, 1.165) is 43.0 Å². The maximum atomic E-state index is 8.96. The van der Waals surface area contributed by atoms with E-state index >= 15 is 0 Å². The van der Waals surface area contributed by atoms with E-state index in [9.17, 15) is 0 Å². The highest BCUT2D eigenvalue weighted by Gasteiger charge is 2.39. The molecule has 0 amide bonds. The number of aliphatic hydroxyl groups is 1. The number of halogens is 1. The Morgan fingerprint density at radius 1 is 1.35 bits per heavy atom. The first-order valence-electron chi connectivity index (χ1n) is 7.58. The molecule has 1 fully saturated rings. The summed E-state index contributed by atoms with van der Waals surface area (Å²) in [6.07, 6.45) is 5.49. The number of hydrogen-bond acceptors (Lipinski definition) is 3. The molecule has 0 unspecified atom stereocenters. The Hall–Kier alpha value is -0.770. The van der Waals surface area contributed by atoms with Crippen LogP contribution in [0.1, 0.15) is 43.8 Å². The van der Waals surface area contributed by atoms with Crippen molar-refractivity contribution < 1.29 is 9.84 Å². The van der Waals surface area contributed by atoms with Gasteiger partial charge in [0, 0.05) is 30.7 Å². The van der Waals surface area contributed by atoms with Crippen LogP contribution < -0.4 is 5.32 Å². The molecular weight excluding hydrogens is 274 g/mol. The standard InChI is InChI=1S/C16H22ClNO2/c17-13-7-3-5-12-15(13)18-14(8-1-2-9-19)11-6-4-10-20-16(11)12/h3,5,7,11,14,16,18-19H,1-2,4,6,8-10H2/t11-,14-,16-/m1/s1. The van der Waals surface area contributed by atoms with Gasteiger partial charge in [-0.1, -0.05) is 23.7 Å². The van der Waals surface area contributed by atoms with E-state index in [4.69, 9.17) is 21.4 Å². The summed E-state index contributed by atoms with van der Waals surface area (Å²) in [4.78, 5) is 0. The highest BCUT2D eigenvalue weighted by molar-refractivity contribution is 6.33. The van der Waals surface area contributed by atoms with Crippen molar-refractivity contribution in [2.45, 2.75) is 44.2 Å². The van der Waals surface area contributed by atoms with Crippen LogP contribution in [-0.4, -0.2) is 24.4 Å². The lowest BCUT2D eigenvalue weighted by Crippen LogP contribution is -2.41. The number of benzene rings is 1. The van der Waals surface area contributed by atoms with Crippen LogP contribution in [-0.2, 0) is 4.74 Å². The summed E-state index contributed by atoms with van der Waals surface area (Å²) in [6.45, 7) is 1.12. The molecule has 3 nitrogen and oxygen atoms in total. The number of aliphatic hydroxyl groups excluding tert-OH is 1. The smallest absolute Gasteiger partial charge is 0.0893 e. The second kappa shape index (κ2) is 6.33. The minimum absolute atomic E-state index is 0.179. The number of fused-ring (bicyclic) bond motifs is 3. The van der Waals surface area contributed by atoms with Crippen LogP contribution in [0, 0.1) is 5.92 Å². The van der Waals surface area contributed by atoms with Crippen molar-refractivity contribution in [1.82, 2.24) is 0 Å². The van der Waals surface area contributed by atoms with E-state index in [1.165, 1.54) is 12.0 Å². The van der Waals surface area contributed by atoms with Crippen molar-refractivity contribution in [3.05, 3.63) is 28.8 Å². The Bertz CT molecular complexity index is 466. The zero-order valence-corrected chi connectivity index (χ0v) is 12.4. The molecule has 0 aromatic heterocycles. The molecule has 0 saturated carbocycles. The predicted octanol–water partition coefficient (Wildman–Crippen LogP) is 3.76. The average Bonchev–Trinajstić information content (AvgIpc) is 2.48. The van der Waals surface area contributed by atoms with Gasteiger partial charge in [-0.25, -0.2) is 0 Å². The SMILES string of the molecule is OCCCC[C@H]1Nc2c(Cl)cccc2[C@@H]2OCCC[C@H]12. The van der Waals surface area contributed by atoms with Crippen LogP contribution in [0.4, 0.5) is 5.69 Å². The van der Waals surface area contributed by atoms with Crippen LogP contribution in [0.25, 0.3) is 0 Å². The third kappa shape index (κ3) is 2.67. The monoisotopic (exact) mass is 295 g/mol. The molecule has 110 valence electrons. The van der Waals surface area contributed by atoms with Crippen molar-refractivity contribution in [1.29, 1.82) is 0 Å². The van der Waals surface area contributed by atoms with Gasteiger partial charge < -0.3 is 15.2 Å². The molecule has 0 bridgehead atoms. The summed E-state index contributed by atoms with van der Waals surface area (Å²) in [6, 6.07) is 6.46. The fraction of sp³-hybridized carbons (Fsp3) is 0.625. The van der Waals surface area contributed by atoms with Gasteiger partial charge >= 0.3 is 0 Å². The molecular formula is C16H22ClNO2. The lowest BCUT2D eigenvalue weighted by Gasteiger charge is -2.43. The van der Waals surface area contributed by atoms with Crippen LogP contribution in [0.15, 0.2) is 18.2 Å². The summed E-state index contributed by atoms with van der Waals surface area (Å²) >= 11 is 6.34. The molecule has 4 heteroatoms. The summed E-state index contributed by atoms with van der Waals surface area (Å²) in [5.41, 5.74) is 2.26. The van der Waals surface area contributed by atoms with Crippen molar-refractivity contribution in [3.8, 4) is 0 Å². The number of rotatable bonds is 4. The van der Waals surface area contributed by atoms with E-state index in [-0.39, 0.29) is 12.7 Å². The molecule has 2 N–H and O–H groups in total. The largest absolute Gasteiger partial charge is 0.396 e. The first-order valence-corrected chi connectivity index (χ1v) is 7.96. The van der Waals surface area contributed by atoms with Crippen molar-refractivity contribution in [3.63, 3.8) is 0 Å². The molecule has 3 atom stereocenters. The minimum Gasteiger partial charge on any atom is -0.396 e. The Kier molecular flexibility index (Phi) is 4.49. The molecule has 0 aliphatic carbocycles. The van der Waals surface area contributed by atoms with Crippen molar-refractivity contribution >= 4 is 17.3 Å². The molecule has 3 rings (SSSR count). The topological polar surface area (TPSA) is 41.5 Å². The molecule has 0 spiro atoms. The van der Waals surface area contributed by atoms with Gasteiger partial charge in [0.2, 0.25) is 0 Å². The van der Waals surface area contributed by atoms with Crippen LogP contribution in [0.3, 0.4) is 0 Å². The Morgan fingerprint density at radius 2 is 2.25 bits per heavy atom. The number of unbranched alkanes of at least 4 members (excludes halogenated alkanes) is 1.